The Hall–Kier alpha value is -3.22. The van der Waals surface area contributed by atoms with E-state index in [1.165, 1.54) is 11.8 Å². The van der Waals surface area contributed by atoms with E-state index >= 15 is 0 Å². The van der Waals surface area contributed by atoms with Crippen LogP contribution >= 0.6 is 0 Å². The second kappa shape index (κ2) is 17.6. The molecule has 0 radical (unpaired) electrons. The van der Waals surface area contributed by atoms with Crippen molar-refractivity contribution in [2.45, 2.75) is 137 Å². The van der Waals surface area contributed by atoms with Gasteiger partial charge in [0.25, 0.3) is 0 Å². The van der Waals surface area contributed by atoms with Gasteiger partial charge >= 0.3 is 23.9 Å². The van der Waals surface area contributed by atoms with Gasteiger partial charge in [0, 0.05) is 40.7 Å². The number of esters is 4. The number of hydrogen-bond donors (Lipinski definition) is 1. The van der Waals surface area contributed by atoms with E-state index in [4.69, 9.17) is 23.7 Å². The van der Waals surface area contributed by atoms with Crippen LogP contribution in [0.2, 0.25) is 0 Å². The highest BCUT2D eigenvalue weighted by Gasteiger charge is 2.53. The number of carbonyl (C=O) groups excluding carboxylic acids is 6. The number of nitrogens with one attached hydrogen (secondary N) is 1. The molecule has 1 N–H and O–H groups in total. The summed E-state index contributed by atoms with van der Waals surface area (Å²) in [7, 11) is 0. The number of carbonyl (C=O) groups is 6. The lowest BCUT2D eigenvalue weighted by Crippen LogP contribution is -2.68. The summed E-state index contributed by atoms with van der Waals surface area (Å²) in [6.07, 6.45) is -0.455. The van der Waals surface area contributed by atoms with E-state index in [0.29, 0.717) is 12.8 Å². The molecule has 1 saturated heterocycles. The minimum atomic E-state index is -1.51. The normalized spacial score (nSPS) is 22.7. The van der Waals surface area contributed by atoms with Crippen LogP contribution in [0.25, 0.3) is 0 Å². The first-order chi connectivity index (χ1) is 19.2. The summed E-state index contributed by atoms with van der Waals surface area (Å²) in [6.45, 7) is 11.2. The fourth-order valence-electron chi connectivity index (χ4n) is 4.86. The van der Waals surface area contributed by atoms with Crippen LogP contribution in [0.5, 0.6) is 0 Å². The Kier molecular flexibility index (Phi) is 15.3. The van der Waals surface area contributed by atoms with E-state index in [2.05, 4.69) is 12.2 Å². The Morgan fingerprint density at radius 3 is 1.83 bits per heavy atom. The zero-order valence-electron chi connectivity index (χ0n) is 25.4. The molecule has 1 fully saturated rings. The molecule has 41 heavy (non-hydrogen) atoms. The third-order valence-corrected chi connectivity index (χ3v) is 6.43. The van der Waals surface area contributed by atoms with Gasteiger partial charge in [-0.3, -0.25) is 28.8 Å². The van der Waals surface area contributed by atoms with Crippen molar-refractivity contribution in [3.05, 3.63) is 0 Å². The van der Waals surface area contributed by atoms with Gasteiger partial charge in [-0.1, -0.05) is 39.0 Å². The minimum absolute atomic E-state index is 0.305. The number of rotatable bonds is 15. The molecule has 0 bridgehead atoms. The summed E-state index contributed by atoms with van der Waals surface area (Å²) < 4.78 is 27.2. The topological polar surface area (TPSA) is 164 Å². The van der Waals surface area contributed by atoms with Gasteiger partial charge in [-0.2, -0.15) is 0 Å². The highest BCUT2D eigenvalue weighted by Crippen LogP contribution is 2.29. The van der Waals surface area contributed by atoms with Crippen LogP contribution in [0, 0.1) is 0 Å². The van der Waals surface area contributed by atoms with Crippen LogP contribution in [-0.2, 0) is 52.5 Å². The van der Waals surface area contributed by atoms with Crippen LogP contribution in [0.4, 0.5) is 0 Å². The average Bonchev–Trinajstić information content (AvgIpc) is 2.84. The number of amides is 2. The highest BCUT2D eigenvalue weighted by molar-refractivity contribution is 5.87. The van der Waals surface area contributed by atoms with Gasteiger partial charge in [-0.05, 0) is 20.3 Å². The van der Waals surface area contributed by atoms with Crippen LogP contribution in [-0.4, -0.2) is 89.9 Å². The minimum Gasteiger partial charge on any atom is -0.463 e. The van der Waals surface area contributed by atoms with Gasteiger partial charge in [0.05, 0.1) is 0 Å². The molecular formula is C28H46N2O11. The highest BCUT2D eigenvalue weighted by atomic mass is 16.7. The molecule has 234 valence electrons. The first-order valence-electron chi connectivity index (χ1n) is 14.1. The van der Waals surface area contributed by atoms with Gasteiger partial charge in [0.1, 0.15) is 24.8 Å². The van der Waals surface area contributed by atoms with E-state index in [1.54, 1.807) is 13.8 Å². The van der Waals surface area contributed by atoms with Crippen LogP contribution in [0.1, 0.15) is 93.9 Å². The Balaban J connectivity index is 3.50. The fourth-order valence-corrected chi connectivity index (χ4v) is 4.86. The number of unbranched alkanes of at least 4 members (excludes halogenated alkanes) is 4. The summed E-state index contributed by atoms with van der Waals surface area (Å²) in [4.78, 5) is 75.6. The molecule has 6 atom stereocenters. The number of hydrogen-bond acceptors (Lipinski definition) is 11. The zero-order valence-corrected chi connectivity index (χ0v) is 25.4. The molecule has 0 aromatic carbocycles. The summed E-state index contributed by atoms with van der Waals surface area (Å²) in [5.41, 5.74) is 0. The Morgan fingerprint density at radius 2 is 1.34 bits per heavy atom. The molecule has 1 unspecified atom stereocenters. The summed E-state index contributed by atoms with van der Waals surface area (Å²) in [6, 6.07) is -2.54. The summed E-state index contributed by atoms with van der Waals surface area (Å²) in [5.74, 6) is -3.85. The van der Waals surface area contributed by atoms with Crippen molar-refractivity contribution in [2.24, 2.45) is 0 Å². The van der Waals surface area contributed by atoms with Crippen molar-refractivity contribution in [1.82, 2.24) is 10.2 Å². The molecule has 13 nitrogen and oxygen atoms in total. The Bertz CT molecular complexity index is 923. The fraction of sp³-hybridized carbons (Fsp3) is 0.786. The average molecular weight is 587 g/mol. The van der Waals surface area contributed by atoms with Crippen molar-refractivity contribution in [1.29, 1.82) is 0 Å². The molecule has 1 rings (SSSR count). The van der Waals surface area contributed by atoms with E-state index in [0.717, 1.165) is 53.4 Å². The van der Waals surface area contributed by atoms with E-state index in [1.807, 2.05) is 0 Å². The molecule has 1 heterocycles. The maximum Gasteiger partial charge on any atom is 0.305 e. The van der Waals surface area contributed by atoms with Crippen molar-refractivity contribution in [3.8, 4) is 0 Å². The second-order valence-electron chi connectivity index (χ2n) is 10.4. The standard InChI is InChI=1S/C28H46N2O11/c1-9-10-11-12-13-14-22(30(16(2)3)17(4)31)27(36)29-24-26(39-20(7)34)25(38-19(6)33)23(15-37-18(5)32)41-28(24)40-21(8)35/h16,22-26,28H,9-15H2,1-8H3,(H,29,36)/t22?,23-,24-,25-,26-,28+/m1/s1. The molecule has 13 heteroatoms. The predicted molar refractivity (Wildman–Crippen MR) is 145 cm³/mol. The summed E-state index contributed by atoms with van der Waals surface area (Å²) >= 11 is 0. The number of nitrogens with zero attached hydrogens (tertiary/aromatic N) is 1. The second-order valence-corrected chi connectivity index (χ2v) is 10.4. The first-order valence-corrected chi connectivity index (χ1v) is 14.1. The lowest BCUT2D eigenvalue weighted by molar-refractivity contribution is -0.271. The molecule has 0 aliphatic carbocycles. The van der Waals surface area contributed by atoms with Crippen molar-refractivity contribution in [3.63, 3.8) is 0 Å². The number of ether oxygens (including phenoxy) is 5. The molecule has 0 spiro atoms. The molecule has 1 aliphatic rings. The molecule has 1 aliphatic heterocycles. The SMILES string of the molecule is CCCCCCCC(C(=O)N[C@H]1[C@@H](OC(C)=O)O[C@H](COC(C)=O)[C@@H](OC(C)=O)[C@@H]1OC(C)=O)N(C(C)=O)C(C)C. The van der Waals surface area contributed by atoms with Crippen molar-refractivity contribution in [2.75, 3.05) is 6.61 Å². The smallest absolute Gasteiger partial charge is 0.305 e. The van der Waals surface area contributed by atoms with Gasteiger partial charge in [0.2, 0.25) is 18.1 Å². The lowest BCUT2D eigenvalue weighted by Gasteiger charge is -2.45. The Morgan fingerprint density at radius 1 is 0.780 bits per heavy atom. The van der Waals surface area contributed by atoms with Crippen molar-refractivity contribution < 1.29 is 52.5 Å². The van der Waals surface area contributed by atoms with Gasteiger partial charge in [-0.15, -0.1) is 0 Å². The van der Waals surface area contributed by atoms with Crippen LogP contribution in [0.3, 0.4) is 0 Å². The molecular weight excluding hydrogens is 540 g/mol. The predicted octanol–water partition coefficient (Wildman–Crippen LogP) is 2.17. The van der Waals surface area contributed by atoms with Crippen molar-refractivity contribution >= 4 is 35.7 Å². The van der Waals surface area contributed by atoms with Gasteiger partial charge in [0.15, 0.2) is 12.2 Å². The van der Waals surface area contributed by atoms with Crippen LogP contribution in [0.15, 0.2) is 0 Å². The molecule has 0 aromatic rings. The van der Waals surface area contributed by atoms with E-state index in [-0.39, 0.29) is 11.9 Å². The van der Waals surface area contributed by atoms with Gasteiger partial charge in [-0.25, -0.2) is 0 Å². The maximum absolute atomic E-state index is 13.9. The monoisotopic (exact) mass is 586 g/mol. The molecule has 2 amide bonds. The van der Waals surface area contributed by atoms with Gasteiger partial charge < -0.3 is 33.9 Å². The maximum atomic E-state index is 13.9. The first kappa shape index (κ1) is 35.8. The zero-order chi connectivity index (χ0) is 31.3. The third kappa shape index (κ3) is 12.0. The molecule has 0 saturated carbocycles. The molecule has 0 aromatic heterocycles. The third-order valence-electron chi connectivity index (χ3n) is 6.43. The lowest BCUT2D eigenvalue weighted by atomic mass is 9.95. The quantitative estimate of drug-likeness (QED) is 0.170. The van der Waals surface area contributed by atoms with Crippen LogP contribution < -0.4 is 5.32 Å². The summed E-state index contributed by atoms with van der Waals surface area (Å²) in [5, 5.41) is 2.75. The van der Waals surface area contributed by atoms with E-state index in [9.17, 15) is 28.8 Å². The largest absolute Gasteiger partial charge is 0.463 e. The Labute approximate surface area is 241 Å². The van der Waals surface area contributed by atoms with E-state index < -0.39 is 73.1 Å².